The molecule has 1 atom stereocenters. The van der Waals surface area contributed by atoms with Crippen LogP contribution in [0.5, 0.6) is 0 Å². The lowest BCUT2D eigenvalue weighted by Gasteiger charge is -2.47. The second-order valence-electron chi connectivity index (χ2n) is 7.82. The molecule has 1 aromatic carbocycles. The van der Waals surface area contributed by atoms with E-state index in [2.05, 4.69) is 4.98 Å². The predicted octanol–water partition coefficient (Wildman–Crippen LogP) is 3.37. The summed E-state index contributed by atoms with van der Waals surface area (Å²) in [5, 5.41) is 0. The Labute approximate surface area is 164 Å². The molecule has 4 rings (SSSR count). The van der Waals surface area contributed by atoms with Gasteiger partial charge >= 0.3 is 0 Å². The standard InChI is InChI=1S/C22H25FN2O3/c1-16-5-4-8-20(24-16)21(26)25-14-22(15-25)11-17(12-28-22)9-10-27-13-18-6-2-3-7-19(18)23/h2-8,17H,9-15H2,1H3. The van der Waals surface area contributed by atoms with Crippen LogP contribution in [0.3, 0.4) is 0 Å². The van der Waals surface area contributed by atoms with Crippen molar-refractivity contribution in [3.8, 4) is 0 Å². The number of ether oxygens (including phenoxy) is 2. The molecule has 3 heterocycles. The summed E-state index contributed by atoms with van der Waals surface area (Å²) in [5.41, 5.74) is 1.70. The SMILES string of the molecule is Cc1cccc(C(=O)N2CC3(CC(CCOCc4ccccc4F)CO3)C2)n1. The molecule has 0 bridgehead atoms. The molecule has 6 heteroatoms. The molecule has 0 saturated carbocycles. The van der Waals surface area contributed by atoms with Crippen molar-refractivity contribution in [1.82, 2.24) is 9.88 Å². The lowest BCUT2D eigenvalue weighted by molar-refractivity contribution is -0.0952. The third-order valence-corrected chi connectivity index (χ3v) is 5.52. The highest BCUT2D eigenvalue weighted by molar-refractivity contribution is 5.93. The van der Waals surface area contributed by atoms with Gasteiger partial charge in [-0.25, -0.2) is 9.37 Å². The van der Waals surface area contributed by atoms with Crippen LogP contribution in [0.2, 0.25) is 0 Å². The maximum Gasteiger partial charge on any atom is 0.272 e. The Morgan fingerprint density at radius 3 is 2.89 bits per heavy atom. The highest BCUT2D eigenvalue weighted by Crippen LogP contribution is 2.39. The van der Waals surface area contributed by atoms with Crippen LogP contribution in [0.1, 0.15) is 34.6 Å². The second-order valence-corrected chi connectivity index (χ2v) is 7.82. The molecule has 0 aliphatic carbocycles. The lowest BCUT2D eigenvalue weighted by atomic mass is 9.86. The maximum atomic E-state index is 13.6. The molecule has 2 fully saturated rings. The fraction of sp³-hybridized carbons (Fsp3) is 0.455. The van der Waals surface area contributed by atoms with E-state index >= 15 is 0 Å². The Bertz CT molecular complexity index is 851. The van der Waals surface area contributed by atoms with Crippen LogP contribution in [0, 0.1) is 18.7 Å². The summed E-state index contributed by atoms with van der Waals surface area (Å²) in [6, 6.07) is 12.2. The minimum absolute atomic E-state index is 0.0328. The van der Waals surface area contributed by atoms with Crippen molar-refractivity contribution in [3.63, 3.8) is 0 Å². The van der Waals surface area contributed by atoms with E-state index in [1.807, 2.05) is 25.1 Å². The molecule has 1 amide bonds. The van der Waals surface area contributed by atoms with Crippen molar-refractivity contribution < 1.29 is 18.7 Å². The van der Waals surface area contributed by atoms with E-state index in [0.717, 1.165) is 18.5 Å². The number of pyridine rings is 1. The zero-order chi connectivity index (χ0) is 19.6. The van der Waals surface area contributed by atoms with Crippen LogP contribution in [0.25, 0.3) is 0 Å². The molecule has 2 aliphatic heterocycles. The molecule has 2 aliphatic rings. The first-order valence-corrected chi connectivity index (χ1v) is 9.73. The monoisotopic (exact) mass is 384 g/mol. The minimum Gasteiger partial charge on any atom is -0.377 e. The van der Waals surface area contributed by atoms with Gasteiger partial charge in [0.1, 0.15) is 17.1 Å². The van der Waals surface area contributed by atoms with Crippen molar-refractivity contribution in [2.24, 2.45) is 5.92 Å². The van der Waals surface area contributed by atoms with Crippen molar-refractivity contribution in [2.75, 3.05) is 26.3 Å². The molecule has 148 valence electrons. The van der Waals surface area contributed by atoms with Crippen LogP contribution >= 0.6 is 0 Å². The van der Waals surface area contributed by atoms with Crippen LogP contribution in [-0.2, 0) is 16.1 Å². The number of aryl methyl sites for hydroxylation is 1. The Kier molecular flexibility index (Phi) is 5.42. The third kappa shape index (κ3) is 4.08. The van der Waals surface area contributed by atoms with Gasteiger partial charge in [0.25, 0.3) is 5.91 Å². The van der Waals surface area contributed by atoms with Crippen LogP contribution < -0.4 is 0 Å². The van der Waals surface area contributed by atoms with Gasteiger partial charge in [-0.3, -0.25) is 4.79 Å². The van der Waals surface area contributed by atoms with Gasteiger partial charge in [0.2, 0.25) is 0 Å². The van der Waals surface area contributed by atoms with Gasteiger partial charge in [0.05, 0.1) is 26.3 Å². The summed E-state index contributed by atoms with van der Waals surface area (Å²) in [7, 11) is 0. The molecule has 1 spiro atoms. The molecule has 1 aromatic heterocycles. The van der Waals surface area contributed by atoms with Gasteiger partial charge in [-0.1, -0.05) is 24.3 Å². The number of amides is 1. The van der Waals surface area contributed by atoms with E-state index in [1.54, 1.807) is 23.1 Å². The van der Waals surface area contributed by atoms with E-state index in [9.17, 15) is 9.18 Å². The second kappa shape index (κ2) is 7.97. The zero-order valence-corrected chi connectivity index (χ0v) is 16.1. The Balaban J connectivity index is 1.20. The summed E-state index contributed by atoms with van der Waals surface area (Å²) in [4.78, 5) is 18.6. The molecular formula is C22H25FN2O3. The van der Waals surface area contributed by atoms with Crippen molar-refractivity contribution in [2.45, 2.75) is 32.0 Å². The van der Waals surface area contributed by atoms with Crippen molar-refractivity contribution in [1.29, 1.82) is 0 Å². The van der Waals surface area contributed by atoms with Gasteiger partial charge in [0.15, 0.2) is 0 Å². The topological polar surface area (TPSA) is 51.7 Å². The molecule has 2 saturated heterocycles. The van der Waals surface area contributed by atoms with Gasteiger partial charge in [-0.05, 0) is 43.9 Å². The van der Waals surface area contributed by atoms with E-state index in [0.29, 0.717) is 43.5 Å². The molecule has 0 radical (unpaired) electrons. The number of carbonyl (C=O) groups is 1. The Hall–Kier alpha value is -2.31. The number of benzene rings is 1. The summed E-state index contributed by atoms with van der Waals surface area (Å²) in [5.74, 6) is 0.151. The number of likely N-dealkylation sites (tertiary alicyclic amines) is 1. The van der Waals surface area contributed by atoms with Gasteiger partial charge in [0, 0.05) is 17.9 Å². The Morgan fingerprint density at radius 1 is 1.29 bits per heavy atom. The highest BCUT2D eigenvalue weighted by Gasteiger charge is 2.51. The number of hydrogen-bond acceptors (Lipinski definition) is 4. The summed E-state index contributed by atoms with van der Waals surface area (Å²) < 4.78 is 25.3. The van der Waals surface area contributed by atoms with Crippen LogP contribution in [0.4, 0.5) is 4.39 Å². The predicted molar refractivity (Wildman–Crippen MR) is 102 cm³/mol. The summed E-state index contributed by atoms with van der Waals surface area (Å²) in [6.07, 6.45) is 1.81. The average molecular weight is 384 g/mol. The zero-order valence-electron chi connectivity index (χ0n) is 16.1. The number of nitrogens with zero attached hydrogens (tertiary/aromatic N) is 2. The summed E-state index contributed by atoms with van der Waals surface area (Å²) in [6.45, 7) is 4.68. The first-order chi connectivity index (χ1) is 13.5. The molecule has 1 unspecified atom stereocenters. The minimum atomic E-state index is -0.229. The fourth-order valence-corrected chi connectivity index (χ4v) is 4.01. The van der Waals surface area contributed by atoms with Crippen LogP contribution in [-0.4, -0.2) is 47.7 Å². The highest BCUT2D eigenvalue weighted by atomic mass is 19.1. The third-order valence-electron chi connectivity index (χ3n) is 5.52. The summed E-state index contributed by atoms with van der Waals surface area (Å²) >= 11 is 0. The van der Waals surface area contributed by atoms with Gasteiger partial charge in [-0.2, -0.15) is 0 Å². The van der Waals surface area contributed by atoms with Crippen LogP contribution in [0.15, 0.2) is 42.5 Å². The van der Waals surface area contributed by atoms with Crippen molar-refractivity contribution >= 4 is 5.91 Å². The molecule has 2 aromatic rings. The molecule has 28 heavy (non-hydrogen) atoms. The number of hydrogen-bond donors (Lipinski definition) is 0. The Morgan fingerprint density at radius 2 is 2.11 bits per heavy atom. The molecule has 0 N–H and O–H groups in total. The first-order valence-electron chi connectivity index (χ1n) is 9.73. The van der Waals surface area contributed by atoms with Gasteiger partial charge < -0.3 is 14.4 Å². The largest absolute Gasteiger partial charge is 0.377 e. The molecular weight excluding hydrogens is 359 g/mol. The average Bonchev–Trinajstić information content (AvgIpc) is 3.09. The fourth-order valence-electron chi connectivity index (χ4n) is 4.01. The normalized spacial score (nSPS) is 20.4. The number of rotatable bonds is 6. The van der Waals surface area contributed by atoms with Crippen molar-refractivity contribution in [3.05, 3.63) is 65.2 Å². The number of halogens is 1. The molecule has 5 nitrogen and oxygen atoms in total. The quantitative estimate of drug-likeness (QED) is 0.717. The number of carbonyl (C=O) groups excluding carboxylic acids is 1. The smallest absolute Gasteiger partial charge is 0.272 e. The first kappa shape index (κ1) is 19.0. The lowest BCUT2D eigenvalue weighted by Crippen LogP contribution is -2.63. The van der Waals surface area contributed by atoms with E-state index in [-0.39, 0.29) is 23.9 Å². The van der Waals surface area contributed by atoms with Gasteiger partial charge in [-0.15, -0.1) is 0 Å². The number of aromatic nitrogens is 1. The van der Waals surface area contributed by atoms with E-state index in [4.69, 9.17) is 9.47 Å². The maximum absolute atomic E-state index is 13.6. The van der Waals surface area contributed by atoms with E-state index < -0.39 is 0 Å². The van der Waals surface area contributed by atoms with E-state index in [1.165, 1.54) is 6.07 Å².